The van der Waals surface area contributed by atoms with E-state index in [2.05, 4.69) is 10.1 Å². The van der Waals surface area contributed by atoms with E-state index in [4.69, 9.17) is 4.52 Å². The van der Waals surface area contributed by atoms with Crippen LogP contribution in [0.25, 0.3) is 11.5 Å². The van der Waals surface area contributed by atoms with E-state index in [9.17, 15) is 18.3 Å². The number of alkyl halides is 3. The van der Waals surface area contributed by atoms with Crippen LogP contribution in [0.15, 0.2) is 34.9 Å². The van der Waals surface area contributed by atoms with Crippen molar-refractivity contribution in [3.05, 3.63) is 36.2 Å². The van der Waals surface area contributed by atoms with Crippen molar-refractivity contribution in [2.75, 3.05) is 13.1 Å². The van der Waals surface area contributed by atoms with Crippen molar-refractivity contribution >= 4 is 0 Å². The summed E-state index contributed by atoms with van der Waals surface area (Å²) in [5, 5.41) is 13.5. The quantitative estimate of drug-likeness (QED) is 0.939. The van der Waals surface area contributed by atoms with Crippen LogP contribution in [0.2, 0.25) is 0 Å². The third kappa shape index (κ3) is 3.37. The summed E-state index contributed by atoms with van der Waals surface area (Å²) in [4.78, 5) is 6.03. The molecule has 1 saturated heterocycles. The molecule has 1 aromatic heterocycles. The lowest BCUT2D eigenvalue weighted by Gasteiger charge is -2.38. The van der Waals surface area contributed by atoms with Gasteiger partial charge in [-0.1, -0.05) is 23.4 Å². The first-order chi connectivity index (χ1) is 10.9. The van der Waals surface area contributed by atoms with Crippen LogP contribution in [0.1, 0.15) is 18.7 Å². The van der Waals surface area contributed by atoms with E-state index in [1.54, 1.807) is 4.90 Å². The average molecular weight is 327 g/mol. The molecule has 0 unspecified atom stereocenters. The molecule has 0 spiro atoms. The summed E-state index contributed by atoms with van der Waals surface area (Å²) in [6, 6.07) is 9.24. The number of hydrogen-bond acceptors (Lipinski definition) is 5. The van der Waals surface area contributed by atoms with Crippen molar-refractivity contribution in [3.63, 3.8) is 0 Å². The van der Waals surface area contributed by atoms with Crippen LogP contribution in [-0.4, -0.2) is 45.0 Å². The summed E-state index contributed by atoms with van der Waals surface area (Å²) < 4.78 is 43.5. The number of aromatic nitrogens is 2. The number of hydrogen-bond donors (Lipinski definition) is 1. The predicted molar refractivity (Wildman–Crippen MR) is 75.2 cm³/mol. The Hall–Kier alpha value is -1.93. The minimum Gasteiger partial charge on any atom is -0.380 e. The zero-order chi connectivity index (χ0) is 16.5. The van der Waals surface area contributed by atoms with Crippen molar-refractivity contribution in [2.45, 2.75) is 31.2 Å². The van der Waals surface area contributed by atoms with Gasteiger partial charge in [-0.2, -0.15) is 18.2 Å². The molecule has 1 N–H and O–H groups in total. The minimum absolute atomic E-state index is 0.130. The molecule has 124 valence electrons. The first-order valence-electron chi connectivity index (χ1n) is 7.27. The van der Waals surface area contributed by atoms with Crippen molar-refractivity contribution in [1.82, 2.24) is 15.0 Å². The summed E-state index contributed by atoms with van der Waals surface area (Å²) in [5.74, 6) is 0.797. The van der Waals surface area contributed by atoms with Crippen LogP contribution in [0.5, 0.6) is 0 Å². The van der Waals surface area contributed by atoms with Crippen LogP contribution in [-0.2, 0) is 6.54 Å². The van der Waals surface area contributed by atoms with E-state index >= 15 is 0 Å². The van der Waals surface area contributed by atoms with E-state index in [1.807, 2.05) is 30.3 Å². The number of aliphatic hydroxyl groups is 1. The highest BCUT2D eigenvalue weighted by atomic mass is 19.4. The molecule has 1 aromatic carbocycles. The van der Waals surface area contributed by atoms with Crippen molar-refractivity contribution in [2.24, 2.45) is 0 Å². The molecule has 0 atom stereocenters. The number of likely N-dealkylation sites (tertiary alicyclic amines) is 1. The average Bonchev–Trinajstić information content (AvgIpc) is 2.98. The maximum Gasteiger partial charge on any atom is 0.417 e. The highest BCUT2D eigenvalue weighted by molar-refractivity contribution is 5.51. The maximum absolute atomic E-state index is 12.8. The topological polar surface area (TPSA) is 62.4 Å². The van der Waals surface area contributed by atoms with Gasteiger partial charge in [-0.3, -0.25) is 4.90 Å². The number of piperidine rings is 1. The Labute approximate surface area is 130 Å². The molecule has 1 aliphatic heterocycles. The van der Waals surface area contributed by atoms with Gasteiger partial charge in [-0.25, -0.2) is 0 Å². The molecule has 0 saturated carbocycles. The molecule has 8 heteroatoms. The molecule has 3 rings (SSSR count). The van der Waals surface area contributed by atoms with Gasteiger partial charge in [0.2, 0.25) is 0 Å². The van der Waals surface area contributed by atoms with Gasteiger partial charge in [0.1, 0.15) is 0 Å². The fourth-order valence-electron chi connectivity index (χ4n) is 2.58. The number of nitrogens with zero attached hydrogens (tertiary/aromatic N) is 3. The Bertz CT molecular complexity index is 649. The molecule has 0 radical (unpaired) electrons. The minimum atomic E-state index is -4.59. The van der Waals surface area contributed by atoms with Gasteiger partial charge in [0, 0.05) is 18.7 Å². The first-order valence-corrected chi connectivity index (χ1v) is 7.27. The highest BCUT2D eigenvalue weighted by Crippen LogP contribution is 2.38. The molecule has 1 fully saturated rings. The monoisotopic (exact) mass is 327 g/mol. The fourth-order valence-corrected chi connectivity index (χ4v) is 2.58. The maximum atomic E-state index is 12.8. The first kappa shape index (κ1) is 15.9. The van der Waals surface area contributed by atoms with E-state index in [-0.39, 0.29) is 25.9 Å². The van der Waals surface area contributed by atoms with Crippen molar-refractivity contribution < 1.29 is 22.8 Å². The van der Waals surface area contributed by atoms with E-state index in [0.717, 1.165) is 5.56 Å². The number of benzene rings is 1. The molecule has 0 bridgehead atoms. The normalized spacial score (nSPS) is 19.0. The molecule has 23 heavy (non-hydrogen) atoms. The molecular weight excluding hydrogens is 311 g/mol. The molecule has 1 aliphatic rings. The Morgan fingerprint density at radius 2 is 1.83 bits per heavy atom. The third-order valence-corrected chi connectivity index (χ3v) is 4.06. The van der Waals surface area contributed by atoms with Crippen LogP contribution < -0.4 is 0 Å². The second-order valence-corrected chi connectivity index (χ2v) is 5.69. The zero-order valence-corrected chi connectivity index (χ0v) is 12.3. The summed E-state index contributed by atoms with van der Waals surface area (Å²) in [6.07, 6.45) is -5.29. The zero-order valence-electron chi connectivity index (χ0n) is 12.3. The van der Waals surface area contributed by atoms with Gasteiger partial charge in [0.05, 0.1) is 6.54 Å². The van der Waals surface area contributed by atoms with E-state index in [0.29, 0.717) is 18.3 Å². The molecule has 0 aliphatic carbocycles. The smallest absolute Gasteiger partial charge is 0.380 e. The molecule has 2 aromatic rings. The summed E-state index contributed by atoms with van der Waals surface area (Å²) in [7, 11) is 0. The standard InChI is InChI=1S/C15H16F3N3O2/c16-15(17,18)14(22)6-8-21(9-7-14)10-12-19-13(23-20-12)11-4-2-1-3-5-11/h1-5,22H,6-10H2. The van der Waals surface area contributed by atoms with Crippen LogP contribution >= 0.6 is 0 Å². The van der Waals surface area contributed by atoms with Gasteiger partial charge >= 0.3 is 6.18 Å². The lowest BCUT2D eigenvalue weighted by atomic mass is 9.91. The molecule has 2 heterocycles. The van der Waals surface area contributed by atoms with Gasteiger partial charge in [-0.05, 0) is 25.0 Å². The number of rotatable bonds is 3. The molecular formula is C15H16F3N3O2. The highest BCUT2D eigenvalue weighted by Gasteiger charge is 2.54. The van der Waals surface area contributed by atoms with Gasteiger partial charge in [0.15, 0.2) is 11.4 Å². The van der Waals surface area contributed by atoms with Crippen LogP contribution in [0.3, 0.4) is 0 Å². The van der Waals surface area contributed by atoms with E-state index in [1.165, 1.54) is 0 Å². The van der Waals surface area contributed by atoms with Crippen LogP contribution in [0.4, 0.5) is 13.2 Å². The van der Waals surface area contributed by atoms with Gasteiger partial charge in [-0.15, -0.1) is 0 Å². The Morgan fingerprint density at radius 3 is 2.43 bits per heavy atom. The second kappa shape index (κ2) is 5.93. The van der Waals surface area contributed by atoms with Crippen LogP contribution in [0, 0.1) is 0 Å². The molecule has 0 amide bonds. The summed E-state index contributed by atoms with van der Waals surface area (Å²) in [6.45, 7) is 0.556. The Morgan fingerprint density at radius 1 is 1.17 bits per heavy atom. The van der Waals surface area contributed by atoms with Gasteiger partial charge < -0.3 is 9.63 Å². The third-order valence-electron chi connectivity index (χ3n) is 4.06. The number of halogens is 3. The lowest BCUT2D eigenvalue weighted by Crippen LogP contribution is -2.53. The largest absolute Gasteiger partial charge is 0.417 e. The summed E-state index contributed by atoms with van der Waals surface area (Å²) in [5.41, 5.74) is -1.80. The SMILES string of the molecule is OC1(C(F)(F)F)CCN(Cc2noc(-c3ccccc3)n2)CC1. The predicted octanol–water partition coefficient (Wildman–Crippen LogP) is 2.63. The Kier molecular flexibility index (Phi) is 4.11. The van der Waals surface area contributed by atoms with E-state index < -0.39 is 11.8 Å². The second-order valence-electron chi connectivity index (χ2n) is 5.69. The Balaban J connectivity index is 1.61. The van der Waals surface area contributed by atoms with Crippen molar-refractivity contribution in [3.8, 4) is 11.5 Å². The fraction of sp³-hybridized carbons (Fsp3) is 0.467. The summed E-state index contributed by atoms with van der Waals surface area (Å²) >= 11 is 0. The van der Waals surface area contributed by atoms with Gasteiger partial charge in [0.25, 0.3) is 5.89 Å². The lowest BCUT2D eigenvalue weighted by molar-refractivity contribution is -0.272. The van der Waals surface area contributed by atoms with Crippen molar-refractivity contribution in [1.29, 1.82) is 0 Å². The molecule has 5 nitrogen and oxygen atoms in total.